The maximum Gasteiger partial charge on any atom is 0.292 e. The Bertz CT molecular complexity index is 446. The van der Waals surface area contributed by atoms with Crippen LogP contribution in [-0.2, 0) is 4.79 Å². The maximum atomic E-state index is 11.1. The molecule has 1 aromatic carbocycles. The quantitative estimate of drug-likeness (QED) is 0.613. The van der Waals surface area contributed by atoms with E-state index in [4.69, 9.17) is 5.73 Å². The van der Waals surface area contributed by atoms with Crippen LogP contribution in [0.3, 0.4) is 0 Å². The van der Waals surface area contributed by atoms with Gasteiger partial charge in [-0.05, 0) is 12.0 Å². The van der Waals surface area contributed by atoms with E-state index in [1.165, 1.54) is 6.07 Å². The fraction of sp³-hybridized carbons (Fsp3) is 0.417. The molecule has 0 atom stereocenters. The molecular formula is C12H17N3O3. The lowest BCUT2D eigenvalue weighted by Gasteiger charge is -2.24. The summed E-state index contributed by atoms with van der Waals surface area (Å²) in [5.74, 6) is -0.238. The molecule has 6 heteroatoms. The minimum absolute atomic E-state index is 0.0144. The highest BCUT2D eigenvalue weighted by Crippen LogP contribution is 2.27. The van der Waals surface area contributed by atoms with Gasteiger partial charge in [-0.15, -0.1) is 0 Å². The van der Waals surface area contributed by atoms with Gasteiger partial charge in [0.1, 0.15) is 5.69 Å². The summed E-state index contributed by atoms with van der Waals surface area (Å²) in [6, 6.07) is 6.35. The van der Waals surface area contributed by atoms with Crippen LogP contribution < -0.4 is 10.6 Å². The summed E-state index contributed by atoms with van der Waals surface area (Å²) in [5, 5.41) is 11.0. The molecule has 0 aliphatic rings. The topological polar surface area (TPSA) is 89.5 Å². The average Bonchev–Trinajstić information content (AvgIpc) is 2.26. The van der Waals surface area contributed by atoms with E-state index in [-0.39, 0.29) is 18.2 Å². The first-order valence-corrected chi connectivity index (χ1v) is 5.68. The number of nitro groups is 1. The predicted molar refractivity (Wildman–Crippen MR) is 69.3 cm³/mol. The highest BCUT2D eigenvalue weighted by atomic mass is 16.6. The molecule has 0 aliphatic heterocycles. The van der Waals surface area contributed by atoms with Crippen molar-refractivity contribution in [2.24, 2.45) is 11.7 Å². The number of primary amides is 1. The Labute approximate surface area is 106 Å². The first-order chi connectivity index (χ1) is 8.41. The number of carbonyl (C=O) groups is 1. The Morgan fingerprint density at radius 3 is 2.56 bits per heavy atom. The number of nitrogens with zero attached hydrogens (tertiary/aromatic N) is 2. The predicted octanol–water partition coefficient (Wildman–Crippen LogP) is 1.54. The fourth-order valence-corrected chi connectivity index (χ4v) is 1.76. The van der Waals surface area contributed by atoms with Crippen LogP contribution in [0.2, 0.25) is 0 Å². The first kappa shape index (κ1) is 14.0. The van der Waals surface area contributed by atoms with Crippen LogP contribution in [0.1, 0.15) is 13.8 Å². The van der Waals surface area contributed by atoms with Crippen LogP contribution >= 0.6 is 0 Å². The number of amides is 1. The molecule has 1 rings (SSSR count). The lowest BCUT2D eigenvalue weighted by atomic mass is 10.1. The zero-order chi connectivity index (χ0) is 13.7. The SMILES string of the molecule is CC(C)CN(CC(N)=O)c1ccccc1[N+](=O)[O-]. The van der Waals surface area contributed by atoms with Crippen molar-refractivity contribution in [1.29, 1.82) is 0 Å². The minimum atomic E-state index is -0.506. The second-order valence-electron chi connectivity index (χ2n) is 4.49. The summed E-state index contributed by atoms with van der Waals surface area (Å²) >= 11 is 0. The van der Waals surface area contributed by atoms with Crippen molar-refractivity contribution in [2.45, 2.75) is 13.8 Å². The third kappa shape index (κ3) is 3.73. The number of hydrogen-bond donors (Lipinski definition) is 1. The molecule has 2 N–H and O–H groups in total. The Balaban J connectivity index is 3.11. The molecular weight excluding hydrogens is 234 g/mol. The molecule has 98 valence electrons. The molecule has 0 aliphatic carbocycles. The van der Waals surface area contributed by atoms with E-state index in [2.05, 4.69) is 0 Å². The van der Waals surface area contributed by atoms with Crippen molar-refractivity contribution in [3.8, 4) is 0 Å². The molecule has 6 nitrogen and oxygen atoms in total. The standard InChI is InChI=1S/C12H17N3O3/c1-9(2)7-14(8-12(13)16)10-5-3-4-6-11(10)15(17)18/h3-6,9H,7-8H2,1-2H3,(H2,13,16). The molecule has 0 bridgehead atoms. The maximum absolute atomic E-state index is 11.1. The highest BCUT2D eigenvalue weighted by molar-refractivity contribution is 5.81. The lowest BCUT2D eigenvalue weighted by Crippen LogP contribution is -2.36. The van der Waals surface area contributed by atoms with Crippen LogP contribution in [0.5, 0.6) is 0 Å². The molecule has 0 saturated carbocycles. The van der Waals surface area contributed by atoms with E-state index in [1.54, 1.807) is 23.1 Å². The van der Waals surface area contributed by atoms with Crippen molar-refractivity contribution >= 4 is 17.3 Å². The van der Waals surface area contributed by atoms with Gasteiger partial charge in [0.25, 0.3) is 5.69 Å². The number of carbonyl (C=O) groups excluding carboxylic acids is 1. The Hall–Kier alpha value is -2.11. The summed E-state index contributed by atoms with van der Waals surface area (Å²) in [5.41, 5.74) is 5.59. The number of rotatable bonds is 6. The smallest absolute Gasteiger partial charge is 0.292 e. The average molecular weight is 251 g/mol. The summed E-state index contributed by atoms with van der Waals surface area (Å²) in [4.78, 5) is 23.2. The third-order valence-electron chi connectivity index (χ3n) is 2.35. The lowest BCUT2D eigenvalue weighted by molar-refractivity contribution is -0.384. The number of anilines is 1. The van der Waals surface area contributed by atoms with Crippen molar-refractivity contribution in [3.05, 3.63) is 34.4 Å². The van der Waals surface area contributed by atoms with E-state index in [9.17, 15) is 14.9 Å². The number of para-hydroxylation sites is 2. The molecule has 0 spiro atoms. The zero-order valence-electron chi connectivity index (χ0n) is 10.5. The van der Waals surface area contributed by atoms with Gasteiger partial charge >= 0.3 is 0 Å². The van der Waals surface area contributed by atoms with Gasteiger partial charge < -0.3 is 10.6 Å². The van der Waals surface area contributed by atoms with Crippen LogP contribution in [0.15, 0.2) is 24.3 Å². The van der Waals surface area contributed by atoms with Crippen LogP contribution in [0.25, 0.3) is 0 Å². The number of nitro benzene ring substituents is 1. The molecule has 0 fully saturated rings. The van der Waals surface area contributed by atoms with Gasteiger partial charge in [0.15, 0.2) is 0 Å². The van der Waals surface area contributed by atoms with Crippen LogP contribution in [0, 0.1) is 16.0 Å². The van der Waals surface area contributed by atoms with Crippen molar-refractivity contribution in [1.82, 2.24) is 0 Å². The molecule has 0 aromatic heterocycles. The Kier molecular flexibility index (Phi) is 4.65. The van der Waals surface area contributed by atoms with Gasteiger partial charge in [-0.2, -0.15) is 0 Å². The normalized spacial score (nSPS) is 10.4. The fourth-order valence-electron chi connectivity index (χ4n) is 1.76. The number of benzene rings is 1. The molecule has 0 radical (unpaired) electrons. The van der Waals surface area contributed by atoms with Crippen molar-refractivity contribution < 1.29 is 9.72 Å². The molecule has 0 saturated heterocycles. The van der Waals surface area contributed by atoms with Gasteiger partial charge in [0, 0.05) is 12.6 Å². The first-order valence-electron chi connectivity index (χ1n) is 5.68. The second-order valence-corrected chi connectivity index (χ2v) is 4.49. The van der Waals surface area contributed by atoms with Gasteiger partial charge in [0.05, 0.1) is 11.5 Å². The monoisotopic (exact) mass is 251 g/mol. The largest absolute Gasteiger partial charge is 0.368 e. The summed E-state index contributed by atoms with van der Waals surface area (Å²) < 4.78 is 0. The van der Waals surface area contributed by atoms with E-state index in [0.717, 1.165) is 0 Å². The Morgan fingerprint density at radius 2 is 2.06 bits per heavy atom. The van der Waals surface area contributed by atoms with E-state index < -0.39 is 10.8 Å². The molecule has 0 unspecified atom stereocenters. The third-order valence-corrected chi connectivity index (χ3v) is 2.35. The van der Waals surface area contributed by atoms with E-state index >= 15 is 0 Å². The summed E-state index contributed by atoms with van der Waals surface area (Å²) in [7, 11) is 0. The number of nitrogens with two attached hydrogens (primary N) is 1. The zero-order valence-corrected chi connectivity index (χ0v) is 10.5. The van der Waals surface area contributed by atoms with Gasteiger partial charge in [-0.1, -0.05) is 26.0 Å². The molecule has 1 aromatic rings. The van der Waals surface area contributed by atoms with Crippen molar-refractivity contribution in [2.75, 3.05) is 18.0 Å². The molecule has 0 heterocycles. The van der Waals surface area contributed by atoms with Crippen LogP contribution in [-0.4, -0.2) is 23.9 Å². The Morgan fingerprint density at radius 1 is 1.44 bits per heavy atom. The number of hydrogen-bond acceptors (Lipinski definition) is 4. The summed E-state index contributed by atoms with van der Waals surface area (Å²) in [6.07, 6.45) is 0. The summed E-state index contributed by atoms with van der Waals surface area (Å²) in [6.45, 7) is 4.46. The molecule has 18 heavy (non-hydrogen) atoms. The van der Waals surface area contributed by atoms with Gasteiger partial charge in [0.2, 0.25) is 5.91 Å². The van der Waals surface area contributed by atoms with Crippen LogP contribution in [0.4, 0.5) is 11.4 Å². The van der Waals surface area contributed by atoms with E-state index in [1.807, 2.05) is 13.8 Å². The van der Waals surface area contributed by atoms with Crippen molar-refractivity contribution in [3.63, 3.8) is 0 Å². The second kappa shape index (κ2) is 6.00. The molecule has 1 amide bonds. The van der Waals surface area contributed by atoms with E-state index in [0.29, 0.717) is 12.2 Å². The minimum Gasteiger partial charge on any atom is -0.368 e. The van der Waals surface area contributed by atoms with Gasteiger partial charge in [-0.3, -0.25) is 14.9 Å². The van der Waals surface area contributed by atoms with Gasteiger partial charge in [-0.25, -0.2) is 0 Å². The highest BCUT2D eigenvalue weighted by Gasteiger charge is 2.20.